The van der Waals surface area contributed by atoms with Gasteiger partial charge in [-0.15, -0.1) is 0 Å². The van der Waals surface area contributed by atoms with E-state index in [1.54, 1.807) is 12.3 Å². The van der Waals surface area contributed by atoms with E-state index in [2.05, 4.69) is 27.8 Å². The first-order valence-electron chi connectivity index (χ1n) is 6.67. The zero-order valence-electron chi connectivity index (χ0n) is 11.4. The zero-order chi connectivity index (χ0) is 13.8. The molecule has 0 radical (unpaired) electrons. The van der Waals surface area contributed by atoms with Crippen molar-refractivity contribution in [1.29, 1.82) is 5.26 Å². The molecule has 102 valence electrons. The standard InChI is InChI=1S/C14H19ClN4/c1-3-19-8-5-12(6-9-19)18(2)14-13(15)11(10-16)4-7-17-14/h4,7,12H,3,5-6,8-9H2,1-2H3. The molecule has 2 heterocycles. The van der Waals surface area contributed by atoms with E-state index in [0.717, 1.165) is 38.3 Å². The number of rotatable bonds is 3. The summed E-state index contributed by atoms with van der Waals surface area (Å²) in [5, 5.41) is 9.48. The van der Waals surface area contributed by atoms with Crippen LogP contribution in [0.25, 0.3) is 0 Å². The highest BCUT2D eigenvalue weighted by Crippen LogP contribution is 2.29. The van der Waals surface area contributed by atoms with Gasteiger partial charge in [-0.05, 0) is 25.5 Å². The lowest BCUT2D eigenvalue weighted by atomic mass is 10.0. The molecule has 0 bridgehead atoms. The van der Waals surface area contributed by atoms with Crippen molar-refractivity contribution in [3.63, 3.8) is 0 Å². The highest BCUT2D eigenvalue weighted by Gasteiger charge is 2.24. The van der Waals surface area contributed by atoms with Gasteiger partial charge in [-0.2, -0.15) is 5.26 Å². The minimum absolute atomic E-state index is 0.446. The lowest BCUT2D eigenvalue weighted by molar-refractivity contribution is 0.220. The molecule has 0 atom stereocenters. The van der Waals surface area contributed by atoms with E-state index >= 15 is 0 Å². The number of likely N-dealkylation sites (tertiary alicyclic amines) is 1. The van der Waals surface area contributed by atoms with Gasteiger partial charge in [-0.25, -0.2) is 4.98 Å². The van der Waals surface area contributed by atoms with Crippen molar-refractivity contribution in [3.8, 4) is 6.07 Å². The van der Waals surface area contributed by atoms with Gasteiger partial charge in [0.1, 0.15) is 16.9 Å². The molecule has 1 aromatic heterocycles. The van der Waals surface area contributed by atoms with Gasteiger partial charge in [0.25, 0.3) is 0 Å². The number of hydrogen-bond acceptors (Lipinski definition) is 4. The number of halogens is 1. The van der Waals surface area contributed by atoms with Crippen molar-refractivity contribution in [2.45, 2.75) is 25.8 Å². The van der Waals surface area contributed by atoms with Crippen LogP contribution in [0.15, 0.2) is 12.3 Å². The molecule has 0 aliphatic carbocycles. The number of aromatic nitrogens is 1. The van der Waals surface area contributed by atoms with Gasteiger partial charge < -0.3 is 9.80 Å². The van der Waals surface area contributed by atoms with Crippen LogP contribution in [0.4, 0.5) is 5.82 Å². The molecule has 0 spiro atoms. The van der Waals surface area contributed by atoms with Gasteiger partial charge in [0.2, 0.25) is 0 Å². The number of pyridine rings is 1. The molecule has 19 heavy (non-hydrogen) atoms. The third-order valence-corrected chi connectivity index (χ3v) is 4.25. The first-order valence-corrected chi connectivity index (χ1v) is 7.05. The maximum absolute atomic E-state index is 9.01. The summed E-state index contributed by atoms with van der Waals surface area (Å²) in [7, 11) is 2.02. The topological polar surface area (TPSA) is 43.2 Å². The number of piperidine rings is 1. The Morgan fingerprint density at radius 1 is 1.53 bits per heavy atom. The molecule has 0 saturated carbocycles. The fourth-order valence-corrected chi connectivity index (χ4v) is 2.85. The fourth-order valence-electron chi connectivity index (χ4n) is 2.56. The summed E-state index contributed by atoms with van der Waals surface area (Å²) in [6.45, 7) is 5.53. The summed E-state index contributed by atoms with van der Waals surface area (Å²) in [5.74, 6) is 0.718. The van der Waals surface area contributed by atoms with Crippen LogP contribution in [0.5, 0.6) is 0 Å². The van der Waals surface area contributed by atoms with Crippen LogP contribution in [0, 0.1) is 11.3 Å². The Morgan fingerprint density at radius 3 is 2.79 bits per heavy atom. The molecular weight excluding hydrogens is 260 g/mol. The Labute approximate surface area is 119 Å². The van der Waals surface area contributed by atoms with Crippen molar-refractivity contribution >= 4 is 17.4 Å². The average Bonchev–Trinajstić information content (AvgIpc) is 2.47. The number of nitrogens with zero attached hydrogens (tertiary/aromatic N) is 4. The highest BCUT2D eigenvalue weighted by atomic mass is 35.5. The quantitative estimate of drug-likeness (QED) is 0.852. The summed E-state index contributed by atoms with van der Waals surface area (Å²) in [6, 6.07) is 4.20. The van der Waals surface area contributed by atoms with Crippen LogP contribution < -0.4 is 4.90 Å². The predicted octanol–water partition coefficient (Wildman–Crippen LogP) is 2.53. The molecule has 0 aromatic carbocycles. The second-order valence-corrected chi connectivity index (χ2v) is 5.26. The van der Waals surface area contributed by atoms with Gasteiger partial charge in [-0.1, -0.05) is 18.5 Å². The monoisotopic (exact) mass is 278 g/mol. The van der Waals surface area contributed by atoms with E-state index in [4.69, 9.17) is 16.9 Å². The molecule has 1 aliphatic rings. The smallest absolute Gasteiger partial charge is 0.148 e. The van der Waals surface area contributed by atoms with Crippen molar-refractivity contribution in [3.05, 3.63) is 22.8 Å². The Morgan fingerprint density at radius 2 is 2.21 bits per heavy atom. The molecule has 1 saturated heterocycles. The van der Waals surface area contributed by atoms with E-state index in [1.165, 1.54) is 0 Å². The summed E-state index contributed by atoms with van der Waals surface area (Å²) >= 11 is 6.24. The summed E-state index contributed by atoms with van der Waals surface area (Å²) in [6.07, 6.45) is 3.87. The largest absolute Gasteiger partial charge is 0.355 e. The number of anilines is 1. The Balaban J connectivity index is 2.13. The number of hydrogen-bond donors (Lipinski definition) is 0. The molecule has 4 nitrogen and oxygen atoms in total. The fraction of sp³-hybridized carbons (Fsp3) is 0.571. The van der Waals surface area contributed by atoms with E-state index in [1.807, 2.05) is 7.05 Å². The van der Waals surface area contributed by atoms with E-state index in [9.17, 15) is 0 Å². The molecule has 0 N–H and O–H groups in total. The Hall–Kier alpha value is -1.31. The maximum atomic E-state index is 9.01. The lowest BCUT2D eigenvalue weighted by Gasteiger charge is -2.37. The zero-order valence-corrected chi connectivity index (χ0v) is 12.2. The van der Waals surface area contributed by atoms with Crippen molar-refractivity contribution in [2.75, 3.05) is 31.6 Å². The first kappa shape index (κ1) is 14.1. The second kappa shape index (κ2) is 6.23. The molecule has 0 unspecified atom stereocenters. The lowest BCUT2D eigenvalue weighted by Crippen LogP contribution is -2.43. The van der Waals surface area contributed by atoms with Crippen LogP contribution in [-0.4, -0.2) is 42.6 Å². The minimum atomic E-state index is 0.446. The molecule has 0 amide bonds. The third-order valence-electron chi connectivity index (χ3n) is 3.88. The first-order chi connectivity index (χ1) is 9.17. The number of nitriles is 1. The average molecular weight is 279 g/mol. The van der Waals surface area contributed by atoms with Gasteiger partial charge in [-0.3, -0.25) is 0 Å². The van der Waals surface area contributed by atoms with E-state index in [-0.39, 0.29) is 0 Å². The minimum Gasteiger partial charge on any atom is -0.355 e. The van der Waals surface area contributed by atoms with Crippen LogP contribution in [-0.2, 0) is 0 Å². The molecular formula is C14H19ClN4. The molecule has 5 heteroatoms. The van der Waals surface area contributed by atoms with Gasteiger partial charge in [0, 0.05) is 32.4 Å². The summed E-state index contributed by atoms with van der Waals surface area (Å²) < 4.78 is 0. The highest BCUT2D eigenvalue weighted by molar-refractivity contribution is 6.34. The predicted molar refractivity (Wildman–Crippen MR) is 77.5 cm³/mol. The van der Waals surface area contributed by atoms with Crippen molar-refractivity contribution in [1.82, 2.24) is 9.88 Å². The SMILES string of the molecule is CCN1CCC(N(C)c2nccc(C#N)c2Cl)CC1. The van der Waals surface area contributed by atoms with Gasteiger partial charge >= 0.3 is 0 Å². The van der Waals surface area contributed by atoms with Gasteiger partial charge in [0.05, 0.1) is 5.56 Å². The normalized spacial score (nSPS) is 17.2. The van der Waals surface area contributed by atoms with Crippen LogP contribution in [0.3, 0.4) is 0 Å². The van der Waals surface area contributed by atoms with E-state index in [0.29, 0.717) is 16.6 Å². The molecule has 2 rings (SSSR count). The van der Waals surface area contributed by atoms with E-state index < -0.39 is 0 Å². The summed E-state index contributed by atoms with van der Waals surface area (Å²) in [4.78, 5) is 8.90. The van der Waals surface area contributed by atoms with Crippen LogP contribution in [0.1, 0.15) is 25.3 Å². The third kappa shape index (κ3) is 2.99. The van der Waals surface area contributed by atoms with Crippen LogP contribution in [0.2, 0.25) is 5.02 Å². The van der Waals surface area contributed by atoms with Gasteiger partial charge in [0.15, 0.2) is 0 Å². The van der Waals surface area contributed by atoms with Crippen molar-refractivity contribution in [2.24, 2.45) is 0 Å². The van der Waals surface area contributed by atoms with Crippen molar-refractivity contribution < 1.29 is 0 Å². The summed E-state index contributed by atoms with van der Waals surface area (Å²) in [5.41, 5.74) is 0.490. The maximum Gasteiger partial charge on any atom is 0.148 e. The molecule has 1 fully saturated rings. The second-order valence-electron chi connectivity index (χ2n) is 4.88. The Kier molecular flexibility index (Phi) is 4.62. The van der Waals surface area contributed by atoms with Crippen LogP contribution >= 0.6 is 11.6 Å². The molecule has 1 aliphatic heterocycles. The Bertz CT molecular complexity index is 475. The molecule has 1 aromatic rings.